The summed E-state index contributed by atoms with van der Waals surface area (Å²) >= 11 is 3.31. The van der Waals surface area contributed by atoms with Crippen molar-refractivity contribution in [3.63, 3.8) is 0 Å². The van der Waals surface area contributed by atoms with Gasteiger partial charge in [0.2, 0.25) is 0 Å². The van der Waals surface area contributed by atoms with Gasteiger partial charge in [0.05, 0.1) is 0 Å². The summed E-state index contributed by atoms with van der Waals surface area (Å²) in [6.45, 7) is 0. The van der Waals surface area contributed by atoms with E-state index in [1.54, 1.807) is 84.9 Å². The van der Waals surface area contributed by atoms with Crippen molar-refractivity contribution in [2.75, 3.05) is 0 Å². The zero-order valence-corrected chi connectivity index (χ0v) is 17.3. The number of carboxylic acids is 1. The van der Waals surface area contributed by atoms with Gasteiger partial charge in [-0.25, -0.2) is 0 Å². The van der Waals surface area contributed by atoms with E-state index in [0.717, 1.165) is 4.47 Å². The normalized spacial score (nSPS) is 12.3. The Morgan fingerprint density at radius 3 is 1.71 bits per heavy atom. The first-order valence-electron chi connectivity index (χ1n) is 8.65. The first-order chi connectivity index (χ1) is 13.4. The molecule has 0 unspecified atom stereocenters. The Labute approximate surface area is 171 Å². The van der Waals surface area contributed by atoms with Gasteiger partial charge in [0.15, 0.2) is 12.9 Å². The number of hydrogen-bond donors (Lipinski definition) is 1. The molecule has 0 amide bonds. The number of rotatable bonds is 7. The van der Waals surface area contributed by atoms with E-state index < -0.39 is 18.8 Å². The maximum Gasteiger partial charge on any atom is 0.315 e. The summed E-state index contributed by atoms with van der Waals surface area (Å²) in [5, 5.41) is 10.8. The zero-order chi connectivity index (χ0) is 20.1. The predicted octanol–water partition coefficient (Wildman–Crippen LogP) is 4.49. The van der Waals surface area contributed by atoms with Gasteiger partial charge in [0.1, 0.15) is 5.66 Å². The zero-order valence-electron chi connectivity index (χ0n) is 14.9. The third-order valence-corrected chi connectivity index (χ3v) is 8.49. The molecule has 0 aliphatic rings. The van der Waals surface area contributed by atoms with Crippen LogP contribution in [0.5, 0.6) is 0 Å². The van der Waals surface area contributed by atoms with Crippen molar-refractivity contribution in [1.29, 1.82) is 0 Å². The Balaban J connectivity index is 2.07. The lowest BCUT2D eigenvalue weighted by Crippen LogP contribution is -2.33. The van der Waals surface area contributed by atoms with Crippen molar-refractivity contribution in [3.05, 3.63) is 95.0 Å². The quantitative estimate of drug-likeness (QED) is 0.419. The highest BCUT2D eigenvalue weighted by atomic mass is 79.9. The van der Waals surface area contributed by atoms with E-state index in [1.807, 2.05) is 0 Å². The van der Waals surface area contributed by atoms with Crippen LogP contribution in [0, 0.1) is 0 Å². The van der Waals surface area contributed by atoms with Crippen LogP contribution in [-0.2, 0) is 9.36 Å². The molecule has 1 atom stereocenters. The number of carboxylic acid groups (broad SMARTS) is 1. The fourth-order valence-electron chi connectivity index (χ4n) is 3.11. The van der Waals surface area contributed by atoms with Crippen LogP contribution < -0.4 is 10.6 Å². The number of aliphatic carboxylic acids is 1. The Morgan fingerprint density at radius 2 is 1.29 bits per heavy atom. The Morgan fingerprint density at radius 1 is 0.821 bits per heavy atom. The van der Waals surface area contributed by atoms with Gasteiger partial charge in [0.25, 0.3) is 0 Å². The minimum absolute atomic E-state index is 0.349. The molecule has 0 fully saturated rings. The molecule has 3 aromatic rings. The standard InChI is InChI=1S/C22H18BrO4P/c23-17-13-11-16(12-14-17)20(24)15-21(22(25)26)28(27,18-7-3-1-4-8-18)19-9-5-2-6-10-19/h1-14,21H,15H2,(H,25,26)/t21-/m1/s1. The van der Waals surface area contributed by atoms with Crippen LogP contribution >= 0.6 is 23.1 Å². The molecule has 142 valence electrons. The smallest absolute Gasteiger partial charge is 0.315 e. The first kappa shape index (κ1) is 20.2. The molecule has 0 aliphatic carbocycles. The van der Waals surface area contributed by atoms with Gasteiger partial charge < -0.3 is 9.67 Å². The van der Waals surface area contributed by atoms with E-state index in [2.05, 4.69) is 15.9 Å². The molecule has 0 spiro atoms. The van der Waals surface area contributed by atoms with Crippen LogP contribution in [-0.4, -0.2) is 22.5 Å². The van der Waals surface area contributed by atoms with Crippen LogP contribution in [0.15, 0.2) is 89.4 Å². The molecular formula is C22H18BrO4P. The van der Waals surface area contributed by atoms with Crippen molar-refractivity contribution < 1.29 is 19.3 Å². The van der Waals surface area contributed by atoms with Gasteiger partial charge in [0, 0.05) is 27.1 Å². The highest BCUT2D eigenvalue weighted by Gasteiger charge is 2.42. The minimum Gasteiger partial charge on any atom is -0.481 e. The average molecular weight is 457 g/mol. The lowest BCUT2D eigenvalue weighted by Gasteiger charge is -2.25. The summed E-state index contributed by atoms with van der Waals surface area (Å²) in [6.07, 6.45) is -0.349. The summed E-state index contributed by atoms with van der Waals surface area (Å²) in [6, 6.07) is 23.8. The second-order valence-corrected chi connectivity index (χ2v) is 10.2. The summed E-state index contributed by atoms with van der Waals surface area (Å²) < 4.78 is 15.1. The fraction of sp³-hybridized carbons (Fsp3) is 0.0909. The molecule has 6 heteroatoms. The monoisotopic (exact) mass is 456 g/mol. The maximum absolute atomic E-state index is 14.2. The van der Waals surface area contributed by atoms with E-state index in [0.29, 0.717) is 16.2 Å². The van der Waals surface area contributed by atoms with Crippen LogP contribution in [0.25, 0.3) is 0 Å². The van der Waals surface area contributed by atoms with Crippen molar-refractivity contribution in [2.24, 2.45) is 0 Å². The third-order valence-electron chi connectivity index (χ3n) is 4.55. The summed E-state index contributed by atoms with van der Waals surface area (Å²) in [7, 11) is -3.60. The fourth-order valence-corrected chi connectivity index (χ4v) is 6.35. The van der Waals surface area contributed by atoms with Crippen LogP contribution in [0.1, 0.15) is 16.8 Å². The molecule has 0 saturated carbocycles. The van der Waals surface area contributed by atoms with Crippen molar-refractivity contribution in [2.45, 2.75) is 12.1 Å². The Bertz CT molecular complexity index is 974. The summed E-state index contributed by atoms with van der Waals surface area (Å²) in [4.78, 5) is 25.0. The van der Waals surface area contributed by atoms with Crippen LogP contribution in [0.3, 0.4) is 0 Å². The van der Waals surface area contributed by atoms with Gasteiger partial charge in [-0.1, -0.05) is 88.7 Å². The molecule has 0 radical (unpaired) electrons. The highest BCUT2D eigenvalue weighted by molar-refractivity contribution is 9.10. The topological polar surface area (TPSA) is 71.4 Å². The first-order valence-corrected chi connectivity index (χ1v) is 11.2. The minimum atomic E-state index is -3.60. The van der Waals surface area contributed by atoms with E-state index in [-0.39, 0.29) is 12.2 Å². The number of carbonyl (C=O) groups is 2. The summed E-state index contributed by atoms with van der Waals surface area (Å²) in [5.74, 6) is -1.60. The van der Waals surface area contributed by atoms with E-state index in [1.165, 1.54) is 0 Å². The van der Waals surface area contributed by atoms with Gasteiger partial charge >= 0.3 is 5.97 Å². The van der Waals surface area contributed by atoms with Crippen LogP contribution in [0.4, 0.5) is 0 Å². The number of carbonyl (C=O) groups excluding carboxylic acids is 1. The van der Waals surface area contributed by atoms with Gasteiger partial charge in [-0.3, -0.25) is 9.59 Å². The lowest BCUT2D eigenvalue weighted by atomic mass is 10.1. The second kappa shape index (κ2) is 8.68. The molecular weight excluding hydrogens is 439 g/mol. The van der Waals surface area contributed by atoms with Gasteiger partial charge in [-0.05, 0) is 12.1 Å². The number of halogens is 1. The molecule has 0 heterocycles. The molecule has 4 nitrogen and oxygen atoms in total. The molecule has 0 bridgehead atoms. The second-order valence-electron chi connectivity index (χ2n) is 6.32. The molecule has 0 aliphatic heterocycles. The molecule has 0 saturated heterocycles. The lowest BCUT2D eigenvalue weighted by molar-refractivity contribution is -0.136. The number of benzene rings is 3. The highest BCUT2D eigenvalue weighted by Crippen LogP contribution is 2.50. The molecule has 3 aromatic carbocycles. The average Bonchev–Trinajstić information content (AvgIpc) is 2.73. The van der Waals surface area contributed by atoms with Crippen molar-refractivity contribution >= 4 is 45.4 Å². The third kappa shape index (κ3) is 4.16. The van der Waals surface area contributed by atoms with Gasteiger partial charge in [-0.2, -0.15) is 0 Å². The Kier molecular flexibility index (Phi) is 6.28. The van der Waals surface area contributed by atoms with Crippen molar-refractivity contribution in [1.82, 2.24) is 0 Å². The van der Waals surface area contributed by atoms with Crippen LogP contribution in [0.2, 0.25) is 0 Å². The Hall–Kier alpha value is -2.49. The summed E-state index contributed by atoms with van der Waals surface area (Å²) in [5.41, 5.74) is -0.962. The van der Waals surface area contributed by atoms with E-state index in [9.17, 15) is 19.3 Å². The van der Waals surface area contributed by atoms with E-state index in [4.69, 9.17) is 0 Å². The van der Waals surface area contributed by atoms with Crippen molar-refractivity contribution in [3.8, 4) is 0 Å². The van der Waals surface area contributed by atoms with Gasteiger partial charge in [-0.15, -0.1) is 0 Å². The van der Waals surface area contributed by atoms with E-state index >= 15 is 0 Å². The SMILES string of the molecule is O=C(C[C@H](C(=O)O)P(=O)(c1ccccc1)c1ccccc1)c1ccc(Br)cc1. The predicted molar refractivity (Wildman–Crippen MR) is 114 cm³/mol. The molecule has 3 rings (SSSR count). The number of ketones is 1. The number of hydrogen-bond acceptors (Lipinski definition) is 3. The largest absolute Gasteiger partial charge is 0.481 e. The maximum atomic E-state index is 14.2. The molecule has 28 heavy (non-hydrogen) atoms. The molecule has 1 N–H and O–H groups in total. The number of Topliss-reactive ketones (excluding diaryl/α,β-unsaturated/α-hetero) is 1. The molecule has 0 aromatic heterocycles.